The minimum atomic E-state index is -1.30. The van der Waals surface area contributed by atoms with E-state index >= 15 is 0 Å². The molecule has 6 nitrogen and oxygen atoms in total. The first kappa shape index (κ1) is 13.3. The summed E-state index contributed by atoms with van der Waals surface area (Å²) in [4.78, 5) is 10.6. The number of carbonyl (C=O) groups is 1. The summed E-state index contributed by atoms with van der Waals surface area (Å²) in [5.74, 6) is 3.65. The minimum absolute atomic E-state index is 0.166. The molecule has 7 heteroatoms. The molecule has 1 aromatic carbocycles. The van der Waals surface area contributed by atoms with Gasteiger partial charge >= 0.3 is 5.97 Å². The Labute approximate surface area is 106 Å². The zero-order chi connectivity index (χ0) is 12.8. The summed E-state index contributed by atoms with van der Waals surface area (Å²) < 4.78 is 6.11. The molecule has 92 valence electrons. The van der Waals surface area contributed by atoms with Crippen LogP contribution in [0.2, 0.25) is 0 Å². The van der Waals surface area contributed by atoms with Crippen LogP contribution in [0, 0.1) is 0 Å². The molecule has 1 aromatic rings. The average molecular weight is 302 g/mol. The van der Waals surface area contributed by atoms with Crippen molar-refractivity contribution in [3.63, 3.8) is 0 Å². The van der Waals surface area contributed by atoms with Crippen molar-refractivity contribution in [2.75, 3.05) is 0 Å². The normalized spacial score (nSPS) is 11.6. The molecule has 17 heavy (non-hydrogen) atoms. The second-order valence-corrected chi connectivity index (χ2v) is 4.02. The molecule has 0 saturated heterocycles. The Balaban J connectivity index is 2.69. The van der Waals surface area contributed by atoms with E-state index in [0.717, 1.165) is 10.0 Å². The van der Waals surface area contributed by atoms with Crippen molar-refractivity contribution >= 4 is 21.9 Å². The lowest BCUT2D eigenvalue weighted by atomic mass is 10.2. The van der Waals surface area contributed by atoms with Crippen molar-refractivity contribution in [1.82, 2.24) is 5.43 Å². The predicted octanol–water partition coefficient (Wildman–Crippen LogP) is 0.641. The van der Waals surface area contributed by atoms with Gasteiger partial charge in [0.25, 0.3) is 0 Å². The molecule has 0 aliphatic rings. The third-order valence-electron chi connectivity index (χ3n) is 1.90. The van der Waals surface area contributed by atoms with Gasteiger partial charge in [-0.25, -0.2) is 10.6 Å². The van der Waals surface area contributed by atoms with Crippen molar-refractivity contribution in [3.05, 3.63) is 45.9 Å². The van der Waals surface area contributed by atoms with Gasteiger partial charge in [-0.15, -0.1) is 0 Å². The van der Waals surface area contributed by atoms with Crippen LogP contribution in [0.15, 0.2) is 40.3 Å². The summed E-state index contributed by atoms with van der Waals surface area (Å²) in [6.07, 6.45) is 0. The van der Waals surface area contributed by atoms with E-state index in [2.05, 4.69) is 21.4 Å². The molecule has 0 bridgehead atoms. The second-order valence-electron chi connectivity index (χ2n) is 3.11. The quantitative estimate of drug-likeness (QED) is 0.275. The minimum Gasteiger partial charge on any atom is -0.476 e. The van der Waals surface area contributed by atoms with Crippen LogP contribution >= 0.6 is 15.9 Å². The summed E-state index contributed by atoms with van der Waals surface area (Å²) in [7, 11) is 0. The Bertz CT molecular complexity index is 431. The van der Waals surface area contributed by atoms with E-state index in [9.17, 15) is 4.79 Å². The molecule has 0 aliphatic carbocycles. The Morgan fingerprint density at radius 3 is 2.47 bits per heavy atom. The molecular weight excluding hydrogens is 290 g/mol. The summed E-state index contributed by atoms with van der Waals surface area (Å²) in [5, 5.41) is 8.65. The summed E-state index contributed by atoms with van der Waals surface area (Å²) >= 11 is 3.30. The van der Waals surface area contributed by atoms with Crippen LogP contribution < -0.4 is 17.0 Å². The third-order valence-corrected chi connectivity index (χ3v) is 2.43. The van der Waals surface area contributed by atoms with Gasteiger partial charge in [0.15, 0.2) is 5.70 Å². The number of rotatable bonds is 5. The molecule has 0 aromatic heterocycles. The molecule has 0 unspecified atom stereocenters. The highest BCUT2D eigenvalue weighted by Crippen LogP contribution is 2.12. The van der Waals surface area contributed by atoms with Gasteiger partial charge in [-0.2, -0.15) is 0 Å². The number of ether oxygens (including phenoxy) is 1. The second kappa shape index (κ2) is 6.12. The monoisotopic (exact) mass is 301 g/mol. The third kappa shape index (κ3) is 3.97. The molecule has 0 saturated carbocycles. The van der Waals surface area contributed by atoms with Crippen molar-refractivity contribution in [2.45, 2.75) is 6.61 Å². The number of aliphatic carboxylic acids is 1. The van der Waals surface area contributed by atoms with E-state index in [0.29, 0.717) is 0 Å². The first-order valence-corrected chi connectivity index (χ1v) is 5.40. The van der Waals surface area contributed by atoms with Gasteiger partial charge in [0.1, 0.15) is 6.61 Å². The van der Waals surface area contributed by atoms with Crippen LogP contribution in [0.25, 0.3) is 0 Å². The first-order valence-electron chi connectivity index (χ1n) is 4.61. The number of halogens is 1. The fourth-order valence-electron chi connectivity index (χ4n) is 1.03. The SMILES string of the molecule is NN/C(OCc1ccc(Br)cc1)=C(\N)C(=O)O. The van der Waals surface area contributed by atoms with Gasteiger partial charge in [-0.05, 0) is 17.7 Å². The molecule has 0 heterocycles. The number of nitrogens with two attached hydrogens (primary N) is 2. The standard InChI is InChI=1S/C10H12BrN3O3/c11-7-3-1-6(2-4-7)5-17-9(14-13)8(12)10(15)16/h1-4,14H,5,12-13H2,(H,15,16)/b9-8+. The molecule has 0 amide bonds. The predicted molar refractivity (Wildman–Crippen MR) is 65.1 cm³/mol. The zero-order valence-electron chi connectivity index (χ0n) is 8.81. The van der Waals surface area contributed by atoms with E-state index in [-0.39, 0.29) is 12.5 Å². The Morgan fingerprint density at radius 1 is 1.41 bits per heavy atom. The van der Waals surface area contributed by atoms with Crippen LogP contribution in [0.5, 0.6) is 0 Å². The van der Waals surface area contributed by atoms with E-state index in [4.69, 9.17) is 21.4 Å². The van der Waals surface area contributed by atoms with Gasteiger partial charge in [0, 0.05) is 4.47 Å². The number of hydrazine groups is 1. The summed E-state index contributed by atoms with van der Waals surface area (Å²) in [5.41, 5.74) is 7.76. The van der Waals surface area contributed by atoms with Gasteiger partial charge in [-0.3, -0.25) is 5.43 Å². The molecule has 6 N–H and O–H groups in total. The highest BCUT2D eigenvalue weighted by molar-refractivity contribution is 9.10. The number of benzene rings is 1. The van der Waals surface area contributed by atoms with Crippen LogP contribution in [-0.2, 0) is 16.1 Å². The fraction of sp³-hybridized carbons (Fsp3) is 0.100. The van der Waals surface area contributed by atoms with Crippen molar-refractivity contribution in [2.24, 2.45) is 11.6 Å². The topological polar surface area (TPSA) is 111 Å². The zero-order valence-corrected chi connectivity index (χ0v) is 10.4. The molecule has 1 rings (SSSR count). The average Bonchev–Trinajstić information content (AvgIpc) is 2.31. The maximum Gasteiger partial charge on any atom is 0.357 e. The Hall–Kier alpha value is -1.73. The van der Waals surface area contributed by atoms with Crippen LogP contribution in [0.4, 0.5) is 0 Å². The van der Waals surface area contributed by atoms with Crippen molar-refractivity contribution in [1.29, 1.82) is 0 Å². The summed E-state index contributed by atoms with van der Waals surface area (Å²) in [6, 6.07) is 7.35. The Kier molecular flexibility index (Phi) is 4.80. The number of nitrogens with one attached hydrogen (secondary N) is 1. The molecular formula is C10H12BrN3O3. The maximum atomic E-state index is 10.6. The molecule has 0 fully saturated rings. The van der Waals surface area contributed by atoms with E-state index in [1.165, 1.54) is 0 Å². The number of hydrogen-bond donors (Lipinski definition) is 4. The summed E-state index contributed by atoms with van der Waals surface area (Å²) in [6.45, 7) is 0.167. The highest BCUT2D eigenvalue weighted by atomic mass is 79.9. The van der Waals surface area contributed by atoms with Crippen molar-refractivity contribution < 1.29 is 14.6 Å². The van der Waals surface area contributed by atoms with Gasteiger partial charge in [-0.1, -0.05) is 28.1 Å². The molecule has 0 spiro atoms. The highest BCUT2D eigenvalue weighted by Gasteiger charge is 2.11. The van der Waals surface area contributed by atoms with Gasteiger partial charge in [0.2, 0.25) is 5.88 Å². The van der Waals surface area contributed by atoms with Gasteiger partial charge in [0.05, 0.1) is 0 Å². The maximum absolute atomic E-state index is 10.6. The molecule has 0 atom stereocenters. The number of carboxylic acids is 1. The lowest BCUT2D eigenvalue weighted by molar-refractivity contribution is -0.133. The molecule has 0 aliphatic heterocycles. The largest absolute Gasteiger partial charge is 0.476 e. The first-order chi connectivity index (χ1) is 8.04. The van der Waals surface area contributed by atoms with E-state index in [1.54, 1.807) is 0 Å². The molecule has 0 radical (unpaired) electrons. The van der Waals surface area contributed by atoms with Gasteiger partial charge < -0.3 is 15.6 Å². The van der Waals surface area contributed by atoms with Crippen LogP contribution in [0.3, 0.4) is 0 Å². The Morgan fingerprint density at radius 2 is 2.00 bits per heavy atom. The van der Waals surface area contributed by atoms with E-state index in [1.807, 2.05) is 24.3 Å². The lowest BCUT2D eigenvalue weighted by Crippen LogP contribution is -2.29. The van der Waals surface area contributed by atoms with Crippen LogP contribution in [0.1, 0.15) is 5.56 Å². The van der Waals surface area contributed by atoms with Crippen molar-refractivity contribution in [3.8, 4) is 0 Å². The van der Waals surface area contributed by atoms with Crippen LogP contribution in [-0.4, -0.2) is 11.1 Å². The van der Waals surface area contributed by atoms with E-state index < -0.39 is 11.7 Å². The smallest absolute Gasteiger partial charge is 0.357 e. The number of carboxylic acid groups (broad SMARTS) is 1. The fourth-order valence-corrected chi connectivity index (χ4v) is 1.29. The number of hydrogen-bond acceptors (Lipinski definition) is 5. The lowest BCUT2D eigenvalue weighted by Gasteiger charge is -2.10.